The van der Waals surface area contributed by atoms with E-state index in [9.17, 15) is 4.79 Å². The van der Waals surface area contributed by atoms with Gasteiger partial charge in [0.25, 0.3) is 0 Å². The monoisotopic (exact) mass is 319 g/mol. The van der Waals surface area contributed by atoms with Crippen LogP contribution in [0.3, 0.4) is 0 Å². The molecule has 1 aromatic heterocycles. The number of nitrogens with one attached hydrogen (secondary N) is 1. The molecule has 2 rings (SSSR count). The van der Waals surface area contributed by atoms with Crippen molar-refractivity contribution in [1.82, 2.24) is 5.32 Å². The lowest BCUT2D eigenvalue weighted by Gasteiger charge is -2.12. The van der Waals surface area contributed by atoms with Crippen LogP contribution in [0.4, 0.5) is 0 Å². The average Bonchev–Trinajstić information content (AvgIpc) is 2.90. The predicted octanol–water partition coefficient (Wildman–Crippen LogP) is 3.93. The first kappa shape index (κ1) is 13.6. The summed E-state index contributed by atoms with van der Waals surface area (Å²) >= 11 is 3.38. The molecule has 0 spiro atoms. The summed E-state index contributed by atoms with van der Waals surface area (Å²) < 4.78 is 6.14. The molecule has 1 unspecified atom stereocenters. The van der Waals surface area contributed by atoms with Gasteiger partial charge in [-0.3, -0.25) is 4.79 Å². The zero-order valence-electron chi connectivity index (χ0n) is 10.5. The van der Waals surface area contributed by atoms with E-state index >= 15 is 0 Å². The Bertz CT molecular complexity index is 558. The predicted molar refractivity (Wildman–Crippen MR) is 78.4 cm³/mol. The Morgan fingerprint density at radius 1 is 1.32 bits per heavy atom. The molecule has 4 heteroatoms. The molecule has 1 heterocycles. The Hall–Kier alpha value is -1.81. The van der Waals surface area contributed by atoms with Crippen molar-refractivity contribution in [3.63, 3.8) is 0 Å². The minimum Gasteiger partial charge on any atom is -0.465 e. The first-order chi connectivity index (χ1) is 9.15. The zero-order chi connectivity index (χ0) is 13.7. The molecule has 0 aliphatic heterocycles. The normalized spacial score (nSPS) is 12.5. The van der Waals surface area contributed by atoms with Crippen LogP contribution in [-0.2, 0) is 4.79 Å². The van der Waals surface area contributed by atoms with Gasteiger partial charge < -0.3 is 9.73 Å². The highest BCUT2D eigenvalue weighted by Gasteiger charge is 2.07. The summed E-state index contributed by atoms with van der Waals surface area (Å²) in [7, 11) is 0. The maximum Gasteiger partial charge on any atom is 0.244 e. The molecule has 1 amide bonds. The van der Waals surface area contributed by atoms with Crippen LogP contribution in [0.15, 0.2) is 57.6 Å². The fraction of sp³-hybridized carbons (Fsp3) is 0.133. The van der Waals surface area contributed by atoms with Crippen molar-refractivity contribution in [3.8, 4) is 0 Å². The molecule has 19 heavy (non-hydrogen) atoms. The van der Waals surface area contributed by atoms with Crippen LogP contribution in [0.5, 0.6) is 0 Å². The molecule has 2 aromatic rings. The Kier molecular flexibility index (Phi) is 4.58. The first-order valence-electron chi connectivity index (χ1n) is 5.93. The average molecular weight is 320 g/mol. The zero-order valence-corrected chi connectivity index (χ0v) is 12.1. The largest absolute Gasteiger partial charge is 0.465 e. The van der Waals surface area contributed by atoms with E-state index in [4.69, 9.17) is 4.42 Å². The summed E-state index contributed by atoms with van der Waals surface area (Å²) in [6.45, 7) is 1.95. The molecule has 1 aromatic carbocycles. The van der Waals surface area contributed by atoms with E-state index in [-0.39, 0.29) is 11.9 Å². The standard InChI is InChI=1S/C15H14BrNO2/c1-11(12-4-6-13(16)7-5-12)17-15(18)9-8-14-3-2-10-19-14/h2-11H,1H3,(H,17,18)/b9-8+. The second-order valence-electron chi connectivity index (χ2n) is 4.13. The lowest BCUT2D eigenvalue weighted by molar-refractivity contribution is -0.117. The minimum absolute atomic E-state index is 0.0400. The lowest BCUT2D eigenvalue weighted by atomic mass is 10.1. The smallest absolute Gasteiger partial charge is 0.244 e. The summed E-state index contributed by atoms with van der Waals surface area (Å²) in [5, 5.41) is 2.90. The number of hydrogen-bond acceptors (Lipinski definition) is 2. The molecule has 0 saturated carbocycles. The highest BCUT2D eigenvalue weighted by atomic mass is 79.9. The Balaban J connectivity index is 1.93. The van der Waals surface area contributed by atoms with E-state index in [0.717, 1.165) is 10.0 Å². The molecule has 3 nitrogen and oxygen atoms in total. The van der Waals surface area contributed by atoms with Gasteiger partial charge in [-0.1, -0.05) is 28.1 Å². The van der Waals surface area contributed by atoms with Crippen LogP contribution in [0.25, 0.3) is 6.08 Å². The molecule has 0 aliphatic carbocycles. The highest BCUT2D eigenvalue weighted by molar-refractivity contribution is 9.10. The molecule has 0 saturated heterocycles. The third kappa shape index (κ3) is 4.10. The maximum atomic E-state index is 11.7. The topological polar surface area (TPSA) is 42.2 Å². The van der Waals surface area contributed by atoms with Gasteiger partial charge in [-0.25, -0.2) is 0 Å². The van der Waals surface area contributed by atoms with Gasteiger partial charge in [-0.15, -0.1) is 0 Å². The van der Waals surface area contributed by atoms with Crippen molar-refractivity contribution in [1.29, 1.82) is 0 Å². The van der Waals surface area contributed by atoms with E-state index < -0.39 is 0 Å². The van der Waals surface area contributed by atoms with E-state index in [1.807, 2.05) is 31.2 Å². The van der Waals surface area contributed by atoms with Crippen LogP contribution in [-0.4, -0.2) is 5.91 Å². The van der Waals surface area contributed by atoms with Crippen molar-refractivity contribution in [2.45, 2.75) is 13.0 Å². The molecular weight excluding hydrogens is 306 g/mol. The van der Waals surface area contributed by atoms with Crippen molar-refractivity contribution >= 4 is 27.9 Å². The minimum atomic E-state index is -0.146. The van der Waals surface area contributed by atoms with Crippen LogP contribution in [0.2, 0.25) is 0 Å². The van der Waals surface area contributed by atoms with E-state index in [1.165, 1.54) is 6.08 Å². The number of halogens is 1. The molecule has 0 aliphatic rings. The molecule has 1 atom stereocenters. The van der Waals surface area contributed by atoms with Crippen LogP contribution < -0.4 is 5.32 Å². The number of rotatable bonds is 4. The van der Waals surface area contributed by atoms with Crippen LogP contribution in [0.1, 0.15) is 24.3 Å². The van der Waals surface area contributed by atoms with E-state index in [0.29, 0.717) is 5.76 Å². The number of amides is 1. The van der Waals surface area contributed by atoms with Gasteiger partial charge in [0.1, 0.15) is 5.76 Å². The molecule has 0 bridgehead atoms. The van der Waals surface area contributed by atoms with Gasteiger partial charge in [0.05, 0.1) is 12.3 Å². The van der Waals surface area contributed by atoms with Crippen molar-refractivity contribution in [2.24, 2.45) is 0 Å². The number of carbonyl (C=O) groups excluding carboxylic acids is 1. The number of benzene rings is 1. The Labute approximate surface area is 120 Å². The van der Waals surface area contributed by atoms with Gasteiger partial charge in [-0.05, 0) is 42.8 Å². The van der Waals surface area contributed by atoms with Crippen molar-refractivity contribution in [2.75, 3.05) is 0 Å². The number of hydrogen-bond donors (Lipinski definition) is 1. The lowest BCUT2D eigenvalue weighted by Crippen LogP contribution is -2.24. The fourth-order valence-electron chi connectivity index (χ4n) is 1.64. The molecule has 0 fully saturated rings. The molecule has 0 radical (unpaired) electrons. The Morgan fingerprint density at radius 2 is 2.05 bits per heavy atom. The van der Waals surface area contributed by atoms with Gasteiger partial charge in [0.15, 0.2) is 0 Å². The van der Waals surface area contributed by atoms with Gasteiger partial charge in [0.2, 0.25) is 5.91 Å². The van der Waals surface area contributed by atoms with Crippen LogP contribution in [0, 0.1) is 0 Å². The summed E-state index contributed by atoms with van der Waals surface area (Å²) in [6, 6.07) is 11.4. The number of furan rings is 1. The van der Waals surface area contributed by atoms with Gasteiger partial charge in [-0.2, -0.15) is 0 Å². The third-order valence-corrected chi connectivity index (χ3v) is 3.20. The summed E-state index contributed by atoms with van der Waals surface area (Å²) in [5.74, 6) is 0.512. The molecule has 98 valence electrons. The first-order valence-corrected chi connectivity index (χ1v) is 6.72. The Morgan fingerprint density at radius 3 is 2.68 bits per heavy atom. The van der Waals surface area contributed by atoms with E-state index in [1.54, 1.807) is 24.5 Å². The quantitative estimate of drug-likeness (QED) is 0.867. The summed E-state index contributed by atoms with van der Waals surface area (Å²) in [5.41, 5.74) is 1.06. The van der Waals surface area contributed by atoms with Crippen molar-refractivity contribution < 1.29 is 9.21 Å². The van der Waals surface area contributed by atoms with Crippen LogP contribution >= 0.6 is 15.9 Å². The second-order valence-corrected chi connectivity index (χ2v) is 5.05. The van der Waals surface area contributed by atoms with Gasteiger partial charge >= 0.3 is 0 Å². The summed E-state index contributed by atoms with van der Waals surface area (Å²) in [4.78, 5) is 11.7. The fourth-order valence-corrected chi connectivity index (χ4v) is 1.90. The van der Waals surface area contributed by atoms with E-state index in [2.05, 4.69) is 21.2 Å². The maximum absolute atomic E-state index is 11.7. The third-order valence-electron chi connectivity index (χ3n) is 2.67. The van der Waals surface area contributed by atoms with Gasteiger partial charge in [0, 0.05) is 10.5 Å². The highest BCUT2D eigenvalue weighted by Crippen LogP contribution is 2.16. The second kappa shape index (κ2) is 6.38. The SMILES string of the molecule is CC(NC(=O)/C=C/c1ccco1)c1ccc(Br)cc1. The molecular formula is C15H14BrNO2. The summed E-state index contributed by atoms with van der Waals surface area (Å²) in [6.07, 6.45) is 4.68. The number of carbonyl (C=O) groups is 1. The van der Waals surface area contributed by atoms with Crippen molar-refractivity contribution in [3.05, 3.63) is 64.5 Å². The molecule has 1 N–H and O–H groups in total.